The molecule has 1 fully saturated rings. The zero-order valence-corrected chi connectivity index (χ0v) is 25.7. The molecule has 3 aromatic rings. The van der Waals surface area contributed by atoms with Crippen molar-refractivity contribution in [3.8, 4) is 0 Å². The molecular weight excluding hydrogens is 548 g/mol. The van der Waals surface area contributed by atoms with Crippen LogP contribution in [0.4, 0.5) is 5.69 Å². The first-order valence-electron chi connectivity index (χ1n) is 14.4. The fourth-order valence-electron chi connectivity index (χ4n) is 7.24. The van der Waals surface area contributed by atoms with Crippen molar-refractivity contribution in [2.24, 2.45) is 11.3 Å². The second kappa shape index (κ2) is 11.1. The molecule has 0 bridgehead atoms. The minimum atomic E-state index is -1.72. The summed E-state index contributed by atoms with van der Waals surface area (Å²) in [7, 11) is 0. The largest absolute Gasteiger partial charge is 0.477 e. The number of carboxylic acids is 1. The number of quaternary nitrogens is 1. The molecule has 2 aliphatic rings. The van der Waals surface area contributed by atoms with Crippen molar-refractivity contribution >= 4 is 51.7 Å². The first-order chi connectivity index (χ1) is 19.8. The molecule has 1 unspecified atom stereocenters. The lowest BCUT2D eigenvalue weighted by Crippen LogP contribution is -2.80. The molecule has 0 saturated carbocycles. The molecule has 3 aromatic carbocycles. The summed E-state index contributed by atoms with van der Waals surface area (Å²) in [6, 6.07) is 19.5. The topological polar surface area (TPSA) is 101 Å². The van der Waals surface area contributed by atoms with Gasteiger partial charge >= 0.3 is 11.9 Å². The second-order valence-corrected chi connectivity index (χ2v) is 14.0. The van der Waals surface area contributed by atoms with Gasteiger partial charge in [-0.3, -0.25) is 9.59 Å². The summed E-state index contributed by atoms with van der Waals surface area (Å²) in [6.07, 6.45) is 0.117. The van der Waals surface area contributed by atoms with E-state index in [0.717, 1.165) is 21.9 Å². The van der Waals surface area contributed by atoms with E-state index in [2.05, 4.69) is 11.4 Å². The highest BCUT2D eigenvalue weighted by molar-refractivity contribution is 8.00. The van der Waals surface area contributed by atoms with E-state index in [1.807, 2.05) is 63.2 Å². The molecule has 4 atom stereocenters. The smallest absolute Gasteiger partial charge is 0.367 e. The number of carbonyl (C=O) groups is 4. The maximum Gasteiger partial charge on any atom is 0.367 e. The Morgan fingerprint density at radius 3 is 2.40 bits per heavy atom. The van der Waals surface area contributed by atoms with Crippen LogP contribution < -0.4 is 9.80 Å². The van der Waals surface area contributed by atoms with Gasteiger partial charge in [0.25, 0.3) is 0 Å². The van der Waals surface area contributed by atoms with Gasteiger partial charge < -0.3 is 10.4 Å². The van der Waals surface area contributed by atoms with Gasteiger partial charge in [-0.15, -0.1) is 11.8 Å². The van der Waals surface area contributed by atoms with Crippen LogP contribution in [0.15, 0.2) is 60.7 Å². The third-order valence-electron chi connectivity index (χ3n) is 8.89. The van der Waals surface area contributed by atoms with Gasteiger partial charge in [-0.1, -0.05) is 63.2 Å². The molecule has 0 spiro atoms. The third-order valence-corrected chi connectivity index (χ3v) is 10.1. The lowest BCUT2D eigenvalue weighted by atomic mass is 9.70. The number of thioether (sulfide) groups is 1. The van der Waals surface area contributed by atoms with Gasteiger partial charge in [-0.05, 0) is 42.3 Å². The van der Waals surface area contributed by atoms with Crippen molar-refractivity contribution in [2.75, 3.05) is 25.4 Å². The predicted molar refractivity (Wildman–Crippen MR) is 168 cm³/mol. The van der Waals surface area contributed by atoms with E-state index in [9.17, 15) is 24.3 Å². The summed E-state index contributed by atoms with van der Waals surface area (Å²) in [4.78, 5) is 54.6. The number of aliphatic carboxylic acids is 1. The molecule has 7 nitrogen and oxygen atoms in total. The molecule has 5 rings (SSSR count). The summed E-state index contributed by atoms with van der Waals surface area (Å²) in [5.41, 5.74) is 0.619. The minimum Gasteiger partial charge on any atom is -0.477 e. The van der Waals surface area contributed by atoms with Crippen LogP contribution in [0.2, 0.25) is 0 Å². The Balaban J connectivity index is 1.92. The lowest BCUT2D eigenvalue weighted by Gasteiger charge is -2.54. The summed E-state index contributed by atoms with van der Waals surface area (Å²) < 4.78 is -0.473. The van der Waals surface area contributed by atoms with Crippen molar-refractivity contribution < 1.29 is 24.3 Å². The quantitative estimate of drug-likeness (QED) is 0.279. The predicted octanol–water partition coefficient (Wildman–Crippen LogP) is 5.78. The Bertz CT molecular complexity index is 1590. The van der Waals surface area contributed by atoms with Crippen LogP contribution in [0, 0.1) is 11.3 Å². The summed E-state index contributed by atoms with van der Waals surface area (Å²) in [5, 5.41) is 16.2. The normalized spacial score (nSPS) is 26.4. The van der Waals surface area contributed by atoms with Crippen molar-refractivity contribution in [3.63, 3.8) is 0 Å². The van der Waals surface area contributed by atoms with Crippen molar-refractivity contribution in [1.29, 1.82) is 0 Å². The van der Waals surface area contributed by atoms with Crippen LogP contribution in [0.5, 0.6) is 0 Å². The highest BCUT2D eigenvalue weighted by Gasteiger charge is 2.69. The molecule has 1 saturated heterocycles. The number of nitrogens with one attached hydrogen (secondary N) is 1. The zero-order valence-electron chi connectivity index (χ0n) is 24.9. The van der Waals surface area contributed by atoms with Crippen LogP contribution in [0.3, 0.4) is 0 Å². The maximum atomic E-state index is 14.9. The van der Waals surface area contributed by atoms with Gasteiger partial charge in [0.05, 0.1) is 17.7 Å². The van der Waals surface area contributed by atoms with E-state index in [1.165, 1.54) is 25.6 Å². The van der Waals surface area contributed by atoms with Crippen LogP contribution in [-0.4, -0.2) is 59.5 Å². The molecule has 8 heteroatoms. The van der Waals surface area contributed by atoms with Gasteiger partial charge in [0.2, 0.25) is 5.54 Å². The molecule has 2 aliphatic heterocycles. The van der Waals surface area contributed by atoms with Crippen molar-refractivity contribution in [1.82, 2.24) is 9.80 Å². The van der Waals surface area contributed by atoms with Crippen molar-refractivity contribution in [3.05, 3.63) is 77.4 Å². The number of amides is 1. The van der Waals surface area contributed by atoms with Crippen LogP contribution in [0.25, 0.3) is 10.8 Å². The number of ketones is 2. The van der Waals surface area contributed by atoms with E-state index in [4.69, 9.17) is 0 Å². The fraction of sp³-hybridized carbons (Fsp3) is 0.412. The van der Waals surface area contributed by atoms with E-state index in [-0.39, 0.29) is 48.0 Å². The monoisotopic (exact) mass is 587 g/mol. The average molecular weight is 588 g/mol. The number of nitrogens with zero attached hydrogens (tertiary/aromatic N) is 1. The van der Waals surface area contributed by atoms with Gasteiger partial charge in [0, 0.05) is 42.1 Å². The van der Waals surface area contributed by atoms with Crippen LogP contribution in [-0.2, 0) is 14.4 Å². The van der Waals surface area contributed by atoms with Crippen LogP contribution >= 0.6 is 11.8 Å². The molecule has 2 heterocycles. The average Bonchev–Trinajstić information content (AvgIpc) is 3.06. The Labute approximate surface area is 251 Å². The summed E-state index contributed by atoms with van der Waals surface area (Å²) in [6.45, 7) is 9.69. The number of hydrogen-bond donors (Lipinski definition) is 2. The minimum absolute atomic E-state index is 0.0567. The number of fused-ring (bicyclic) bond motifs is 2. The van der Waals surface area contributed by atoms with E-state index < -0.39 is 27.3 Å². The number of piperidine rings is 1. The fourth-order valence-corrected chi connectivity index (χ4v) is 8.53. The highest BCUT2D eigenvalue weighted by atomic mass is 32.2. The van der Waals surface area contributed by atoms with E-state index in [1.54, 1.807) is 12.1 Å². The number of hydrogen-bond acceptors (Lipinski definition) is 6. The van der Waals surface area contributed by atoms with Gasteiger partial charge in [-0.2, -0.15) is 0 Å². The van der Waals surface area contributed by atoms with E-state index >= 15 is 0 Å². The first kappa shape index (κ1) is 30.1. The zero-order chi connectivity index (χ0) is 30.4. The summed E-state index contributed by atoms with van der Waals surface area (Å²) >= 11 is 1.47. The van der Waals surface area contributed by atoms with E-state index in [0.29, 0.717) is 17.8 Å². The van der Waals surface area contributed by atoms with Gasteiger partial charge in [0.15, 0.2) is 5.78 Å². The second-order valence-electron chi connectivity index (χ2n) is 12.9. The molecule has 0 radical (unpaired) electrons. The number of benzene rings is 3. The lowest BCUT2D eigenvalue weighted by molar-refractivity contribution is -0.167. The maximum absolute atomic E-state index is 14.9. The number of Topliss-reactive ketones (excluding diaryl/α,β-unsaturated/α-hetero) is 2. The molecule has 220 valence electrons. The first-order valence-corrected chi connectivity index (χ1v) is 15.5. The standard InChI is InChI=1S/C34H38N2O5S/c1-21(37)24-13-14-29-27(17-24)31(26-12-8-10-23-9-6-7-11-25(23)26)42-19-30(39)36(29,20-33(3,4)5)34(32(40)41)15-16-35-18-28(34)22(2)38/h6-14,17,28,31,35H,15-16,18-20H2,1-5H3/p+1/t28-,31?,34+,36+/m1/s1. The number of carboxylic acid groups (broad SMARTS) is 1. The number of rotatable bonds is 6. The number of carbonyl (C=O) groups excluding carboxylic acids is 3. The van der Waals surface area contributed by atoms with Gasteiger partial charge in [0.1, 0.15) is 17.2 Å². The molecule has 42 heavy (non-hydrogen) atoms. The van der Waals surface area contributed by atoms with Gasteiger partial charge in [-0.25, -0.2) is 14.1 Å². The molecule has 0 aromatic heterocycles. The Hall–Kier alpha value is -3.33. The Morgan fingerprint density at radius 2 is 1.74 bits per heavy atom. The Kier molecular flexibility index (Phi) is 7.94. The molecular formula is C34H39N2O5S+. The SMILES string of the molecule is CC(=O)c1ccc2c(c1)C(c1cccc3ccccc13)SCC(=O)[N@@+]2(CC(C)(C)C)[C@@]1(C(=O)O)CCNC[C@@H]1C(C)=O. The third kappa shape index (κ3) is 4.79. The van der Waals surface area contributed by atoms with Crippen LogP contribution in [0.1, 0.15) is 67.8 Å². The van der Waals surface area contributed by atoms with Crippen molar-refractivity contribution in [2.45, 2.75) is 51.8 Å². The molecule has 1 amide bonds. The Morgan fingerprint density at radius 1 is 1.02 bits per heavy atom. The highest BCUT2D eigenvalue weighted by Crippen LogP contribution is 2.54. The summed E-state index contributed by atoms with van der Waals surface area (Å²) in [5.74, 6) is -2.61. The molecule has 2 N–H and O–H groups in total. The molecule has 0 aliphatic carbocycles.